The van der Waals surface area contributed by atoms with Crippen molar-refractivity contribution in [1.82, 2.24) is 30.4 Å². The molecule has 4 rings (SSSR count). The Hall–Kier alpha value is -3.64. The normalized spacial score (nSPS) is 10.8. The van der Waals surface area contributed by atoms with Gasteiger partial charge in [-0.15, -0.1) is 20.4 Å². The van der Waals surface area contributed by atoms with E-state index < -0.39 is 0 Å². The van der Waals surface area contributed by atoms with Gasteiger partial charge in [0.2, 0.25) is 10.2 Å². The maximum atomic E-state index is 12.4. The molecule has 0 saturated heterocycles. The number of hydrogen-bond donors (Lipinski definition) is 2. The number of thioether (sulfide) groups is 1. The van der Waals surface area contributed by atoms with Gasteiger partial charge >= 0.3 is 0 Å². The summed E-state index contributed by atoms with van der Waals surface area (Å²) in [6.07, 6.45) is 0. The van der Waals surface area contributed by atoms with E-state index in [0.717, 1.165) is 5.56 Å². The standard InChI is InChI=1S/C22H23N7O3S2/c1-14-6-8-15(9-7-14)11-24-20(30)21-27-26-19(34-21)13-33-22-28-25-18(29(22)23)12-32-17-5-3-4-16(10-17)31-2/h3-10H,11-13,23H2,1-2H3,(H,24,30). The number of hydrogen-bond acceptors (Lipinski definition) is 10. The van der Waals surface area contributed by atoms with E-state index in [0.29, 0.717) is 44.8 Å². The zero-order chi connectivity index (χ0) is 23.9. The average molecular weight is 498 g/mol. The Bertz CT molecular complexity index is 1260. The molecule has 0 saturated carbocycles. The number of aryl methyl sites for hydroxylation is 1. The van der Waals surface area contributed by atoms with Crippen LogP contribution in [0.4, 0.5) is 0 Å². The van der Waals surface area contributed by atoms with E-state index >= 15 is 0 Å². The highest BCUT2D eigenvalue weighted by Gasteiger charge is 2.15. The lowest BCUT2D eigenvalue weighted by Crippen LogP contribution is -2.22. The first-order valence-electron chi connectivity index (χ1n) is 10.3. The summed E-state index contributed by atoms with van der Waals surface area (Å²) < 4.78 is 12.3. The summed E-state index contributed by atoms with van der Waals surface area (Å²) in [7, 11) is 1.60. The van der Waals surface area contributed by atoms with Crippen molar-refractivity contribution in [2.24, 2.45) is 0 Å². The molecule has 0 radical (unpaired) electrons. The second-order valence-corrected chi connectivity index (χ2v) is 9.20. The van der Waals surface area contributed by atoms with Crippen molar-refractivity contribution in [2.75, 3.05) is 13.0 Å². The third-order valence-electron chi connectivity index (χ3n) is 4.70. The number of methoxy groups -OCH3 is 1. The molecule has 3 N–H and O–H groups in total. The Morgan fingerprint density at radius 2 is 1.91 bits per heavy atom. The van der Waals surface area contributed by atoms with E-state index in [1.165, 1.54) is 33.3 Å². The second kappa shape index (κ2) is 11.0. The van der Waals surface area contributed by atoms with E-state index in [4.69, 9.17) is 15.3 Å². The van der Waals surface area contributed by atoms with Crippen molar-refractivity contribution in [2.45, 2.75) is 31.0 Å². The van der Waals surface area contributed by atoms with Crippen LogP contribution >= 0.6 is 23.1 Å². The van der Waals surface area contributed by atoms with Crippen molar-refractivity contribution < 1.29 is 14.3 Å². The molecule has 2 aromatic heterocycles. The fourth-order valence-electron chi connectivity index (χ4n) is 2.84. The number of nitrogens with zero attached hydrogens (tertiary/aromatic N) is 5. The van der Waals surface area contributed by atoms with Crippen LogP contribution in [-0.4, -0.2) is 38.1 Å². The topological polar surface area (TPSA) is 130 Å². The molecule has 0 spiro atoms. The third-order valence-corrected chi connectivity index (χ3v) is 6.76. The molecule has 1 amide bonds. The van der Waals surface area contributed by atoms with Gasteiger partial charge in [0.1, 0.15) is 23.1 Å². The predicted molar refractivity (Wildman–Crippen MR) is 129 cm³/mol. The summed E-state index contributed by atoms with van der Waals surface area (Å²) in [5.74, 6) is 8.12. The minimum absolute atomic E-state index is 0.154. The van der Waals surface area contributed by atoms with Crippen LogP contribution in [0.15, 0.2) is 53.7 Å². The summed E-state index contributed by atoms with van der Waals surface area (Å²) in [5, 5.41) is 20.7. The monoisotopic (exact) mass is 497 g/mol. The molecule has 0 atom stereocenters. The minimum atomic E-state index is -0.256. The molecule has 0 unspecified atom stereocenters. The summed E-state index contributed by atoms with van der Waals surface area (Å²) in [4.78, 5) is 12.4. The molecule has 176 valence electrons. The SMILES string of the molecule is COc1cccc(OCc2nnc(SCc3nnc(C(=O)NCc4ccc(C)cc4)s3)n2N)c1. The maximum absolute atomic E-state index is 12.4. The van der Waals surface area contributed by atoms with Crippen LogP contribution < -0.4 is 20.6 Å². The molecule has 0 bridgehead atoms. The van der Waals surface area contributed by atoms with Gasteiger partial charge in [0, 0.05) is 12.6 Å². The highest BCUT2D eigenvalue weighted by atomic mass is 32.2. The Labute approximate surface area is 204 Å². The van der Waals surface area contributed by atoms with Gasteiger partial charge in [0.15, 0.2) is 5.82 Å². The highest BCUT2D eigenvalue weighted by molar-refractivity contribution is 7.98. The lowest BCUT2D eigenvalue weighted by molar-refractivity contribution is 0.0950. The number of nitrogens with two attached hydrogens (primary N) is 1. The van der Waals surface area contributed by atoms with Crippen molar-refractivity contribution >= 4 is 29.0 Å². The van der Waals surface area contributed by atoms with Crippen molar-refractivity contribution in [3.8, 4) is 11.5 Å². The Morgan fingerprint density at radius 1 is 1.12 bits per heavy atom. The molecule has 34 heavy (non-hydrogen) atoms. The van der Waals surface area contributed by atoms with E-state index in [1.807, 2.05) is 49.4 Å². The maximum Gasteiger partial charge on any atom is 0.282 e. The van der Waals surface area contributed by atoms with E-state index in [1.54, 1.807) is 13.2 Å². The highest BCUT2D eigenvalue weighted by Crippen LogP contribution is 2.24. The lowest BCUT2D eigenvalue weighted by Gasteiger charge is -2.07. The molecule has 0 aliphatic carbocycles. The van der Waals surface area contributed by atoms with Gasteiger partial charge in [-0.3, -0.25) is 4.79 Å². The summed E-state index contributed by atoms with van der Waals surface area (Å²) >= 11 is 2.58. The molecule has 2 aromatic carbocycles. The first-order chi connectivity index (χ1) is 16.5. The Morgan fingerprint density at radius 3 is 2.71 bits per heavy atom. The number of nitrogens with one attached hydrogen (secondary N) is 1. The molecule has 0 fully saturated rings. The van der Waals surface area contributed by atoms with Gasteiger partial charge in [-0.05, 0) is 24.6 Å². The third kappa shape index (κ3) is 6.02. The summed E-state index contributed by atoms with van der Waals surface area (Å²) in [6, 6.07) is 15.2. The van der Waals surface area contributed by atoms with Crippen LogP contribution in [0.1, 0.15) is 31.8 Å². The average Bonchev–Trinajstić information content (AvgIpc) is 3.47. The van der Waals surface area contributed by atoms with Crippen molar-refractivity contribution in [1.29, 1.82) is 0 Å². The van der Waals surface area contributed by atoms with Crippen molar-refractivity contribution in [3.05, 3.63) is 75.5 Å². The van der Waals surface area contributed by atoms with E-state index in [-0.39, 0.29) is 12.5 Å². The smallest absolute Gasteiger partial charge is 0.282 e. The van der Waals surface area contributed by atoms with Gasteiger partial charge in [-0.25, -0.2) is 4.68 Å². The van der Waals surface area contributed by atoms with Crippen LogP contribution in [0.3, 0.4) is 0 Å². The molecule has 4 aromatic rings. The fourth-order valence-corrected chi connectivity index (χ4v) is 4.45. The number of nitrogen functional groups attached to an aromatic ring is 1. The number of carbonyl (C=O) groups excluding carboxylic acids is 1. The molecule has 10 nitrogen and oxygen atoms in total. The van der Waals surface area contributed by atoms with Gasteiger partial charge < -0.3 is 20.6 Å². The first-order valence-corrected chi connectivity index (χ1v) is 12.1. The summed E-state index contributed by atoms with van der Waals surface area (Å²) in [6.45, 7) is 2.61. The molecular weight excluding hydrogens is 474 g/mol. The molecular formula is C22H23N7O3S2. The number of aromatic nitrogens is 5. The molecule has 0 aliphatic rings. The number of carbonyl (C=O) groups is 1. The van der Waals surface area contributed by atoms with E-state index in [9.17, 15) is 4.79 Å². The number of amides is 1. The Kier molecular flexibility index (Phi) is 7.60. The zero-order valence-corrected chi connectivity index (χ0v) is 20.2. The zero-order valence-electron chi connectivity index (χ0n) is 18.6. The van der Waals surface area contributed by atoms with E-state index in [2.05, 4.69) is 25.7 Å². The van der Waals surface area contributed by atoms with Gasteiger partial charge in [-0.1, -0.05) is 59.0 Å². The predicted octanol–water partition coefficient (Wildman–Crippen LogP) is 2.96. The van der Waals surface area contributed by atoms with Crippen LogP contribution in [0.25, 0.3) is 0 Å². The van der Waals surface area contributed by atoms with Crippen LogP contribution in [0.5, 0.6) is 11.5 Å². The summed E-state index contributed by atoms with van der Waals surface area (Å²) in [5.41, 5.74) is 2.19. The lowest BCUT2D eigenvalue weighted by atomic mass is 10.1. The number of benzene rings is 2. The minimum Gasteiger partial charge on any atom is -0.497 e. The molecule has 0 aliphatic heterocycles. The molecule has 2 heterocycles. The quantitative estimate of drug-likeness (QED) is 0.251. The molecule has 12 heteroatoms. The number of rotatable bonds is 10. The fraction of sp³-hybridized carbons (Fsp3) is 0.227. The second-order valence-electron chi connectivity index (χ2n) is 7.19. The largest absolute Gasteiger partial charge is 0.497 e. The van der Waals surface area contributed by atoms with Crippen molar-refractivity contribution in [3.63, 3.8) is 0 Å². The first kappa shape index (κ1) is 23.5. The van der Waals surface area contributed by atoms with Gasteiger partial charge in [0.05, 0.1) is 12.9 Å². The van der Waals surface area contributed by atoms with Crippen LogP contribution in [-0.2, 0) is 18.9 Å². The van der Waals surface area contributed by atoms with Gasteiger partial charge in [-0.2, -0.15) is 0 Å². The Balaban J connectivity index is 1.28. The van der Waals surface area contributed by atoms with Gasteiger partial charge in [0.25, 0.3) is 5.91 Å². The number of ether oxygens (including phenoxy) is 2. The van der Waals surface area contributed by atoms with Crippen LogP contribution in [0, 0.1) is 6.92 Å². The van der Waals surface area contributed by atoms with Crippen LogP contribution in [0.2, 0.25) is 0 Å².